The summed E-state index contributed by atoms with van der Waals surface area (Å²) < 4.78 is 1.98. The number of nitrogens with zero attached hydrogens (tertiary/aromatic N) is 3. The molecule has 2 aromatic carbocycles. The topological polar surface area (TPSA) is 62.5 Å². The van der Waals surface area contributed by atoms with Crippen molar-refractivity contribution < 1.29 is 5.11 Å². The predicted octanol–water partition coefficient (Wildman–Crippen LogP) is 3.85. The maximum absolute atomic E-state index is 9.43. The summed E-state index contributed by atoms with van der Waals surface area (Å²) in [5.41, 5.74) is 3.63. The number of imidazole rings is 1. The van der Waals surface area contributed by atoms with Crippen LogP contribution < -0.4 is 5.32 Å². The van der Waals surface area contributed by atoms with Crippen molar-refractivity contribution >= 4 is 17.2 Å². The van der Waals surface area contributed by atoms with Gasteiger partial charge in [0.2, 0.25) is 0 Å². The number of phenols is 1. The lowest BCUT2D eigenvalue weighted by atomic mass is 10.1. The van der Waals surface area contributed by atoms with Gasteiger partial charge in [-0.05, 0) is 36.4 Å². The number of aromatic nitrogens is 3. The molecule has 4 rings (SSSR count). The molecule has 0 amide bonds. The molecule has 0 aliphatic heterocycles. The molecule has 0 radical (unpaired) electrons. The zero-order chi connectivity index (χ0) is 15.6. The van der Waals surface area contributed by atoms with E-state index in [4.69, 9.17) is 0 Å². The Balaban J connectivity index is 1.79. The third-order valence-corrected chi connectivity index (χ3v) is 3.63. The predicted molar refractivity (Wildman–Crippen MR) is 89.8 cm³/mol. The summed E-state index contributed by atoms with van der Waals surface area (Å²) in [5.74, 6) is 0.944. The second-order valence-electron chi connectivity index (χ2n) is 5.15. The van der Waals surface area contributed by atoms with Gasteiger partial charge in [-0.3, -0.25) is 4.40 Å². The van der Waals surface area contributed by atoms with Gasteiger partial charge in [0, 0.05) is 23.6 Å². The Labute approximate surface area is 132 Å². The fourth-order valence-electron chi connectivity index (χ4n) is 2.51. The molecule has 2 N–H and O–H groups in total. The molecule has 0 atom stereocenters. The van der Waals surface area contributed by atoms with Gasteiger partial charge in [-0.1, -0.05) is 18.2 Å². The van der Waals surface area contributed by atoms with Crippen LogP contribution in [0.4, 0.5) is 11.5 Å². The molecular formula is C18H14N4O. The molecule has 0 saturated carbocycles. The molecule has 0 spiro atoms. The summed E-state index contributed by atoms with van der Waals surface area (Å²) in [6, 6.07) is 16.9. The number of benzene rings is 2. The number of para-hydroxylation sites is 1. The number of anilines is 2. The van der Waals surface area contributed by atoms with Gasteiger partial charge in [-0.15, -0.1) is 0 Å². The zero-order valence-electron chi connectivity index (χ0n) is 12.2. The van der Waals surface area contributed by atoms with Gasteiger partial charge in [0.1, 0.15) is 5.75 Å². The van der Waals surface area contributed by atoms with Crippen LogP contribution in [-0.4, -0.2) is 19.5 Å². The van der Waals surface area contributed by atoms with Crippen LogP contribution in [-0.2, 0) is 0 Å². The Bertz CT molecular complexity index is 946. The first-order valence-corrected chi connectivity index (χ1v) is 7.25. The Morgan fingerprint density at radius 1 is 0.913 bits per heavy atom. The van der Waals surface area contributed by atoms with E-state index in [1.807, 2.05) is 53.1 Å². The Morgan fingerprint density at radius 3 is 2.48 bits per heavy atom. The van der Waals surface area contributed by atoms with Gasteiger partial charge >= 0.3 is 0 Å². The van der Waals surface area contributed by atoms with Gasteiger partial charge in [0.15, 0.2) is 11.5 Å². The van der Waals surface area contributed by atoms with Crippen LogP contribution in [0.5, 0.6) is 5.75 Å². The highest BCUT2D eigenvalue weighted by Crippen LogP contribution is 2.26. The van der Waals surface area contributed by atoms with E-state index >= 15 is 0 Å². The molecule has 2 heterocycles. The number of phenolic OH excluding ortho intramolecular Hbond substituents is 1. The van der Waals surface area contributed by atoms with Gasteiger partial charge in [-0.2, -0.15) is 0 Å². The molecular weight excluding hydrogens is 288 g/mol. The average molecular weight is 302 g/mol. The van der Waals surface area contributed by atoms with Crippen LogP contribution in [0, 0.1) is 0 Å². The third-order valence-electron chi connectivity index (χ3n) is 3.63. The lowest BCUT2D eigenvalue weighted by Crippen LogP contribution is -1.98. The van der Waals surface area contributed by atoms with E-state index in [0.29, 0.717) is 5.82 Å². The lowest BCUT2D eigenvalue weighted by Gasteiger charge is -2.07. The monoisotopic (exact) mass is 302 g/mol. The van der Waals surface area contributed by atoms with Crippen molar-refractivity contribution in [3.8, 4) is 17.0 Å². The third kappa shape index (κ3) is 2.48. The first-order chi connectivity index (χ1) is 11.3. The molecule has 0 fully saturated rings. The second kappa shape index (κ2) is 5.46. The number of hydrogen-bond donors (Lipinski definition) is 2. The molecule has 23 heavy (non-hydrogen) atoms. The summed E-state index contributed by atoms with van der Waals surface area (Å²) in [6.07, 6.45) is 5.42. The highest BCUT2D eigenvalue weighted by atomic mass is 16.3. The van der Waals surface area contributed by atoms with Crippen molar-refractivity contribution in [3.05, 3.63) is 73.2 Å². The van der Waals surface area contributed by atoms with Gasteiger partial charge in [0.05, 0.1) is 11.9 Å². The number of rotatable bonds is 3. The smallest absolute Gasteiger partial charge is 0.180 e. The van der Waals surface area contributed by atoms with Crippen molar-refractivity contribution in [2.75, 3.05) is 5.32 Å². The summed E-state index contributed by atoms with van der Waals surface area (Å²) >= 11 is 0. The molecule has 2 aromatic heterocycles. The Hall–Kier alpha value is -3.34. The van der Waals surface area contributed by atoms with Crippen molar-refractivity contribution in [2.45, 2.75) is 0 Å². The van der Waals surface area contributed by atoms with Gasteiger partial charge in [-0.25, -0.2) is 9.97 Å². The lowest BCUT2D eigenvalue weighted by molar-refractivity contribution is 0.475. The normalized spacial score (nSPS) is 10.8. The van der Waals surface area contributed by atoms with Crippen LogP contribution >= 0.6 is 0 Å². The standard InChI is InChI=1S/C18H14N4O/c23-15-8-6-13(7-9-15)16-12-20-18-17(19-10-11-22(16)18)21-14-4-2-1-3-5-14/h1-12,23H,(H,19,21). The molecule has 0 bridgehead atoms. The van der Waals surface area contributed by atoms with Crippen molar-refractivity contribution in [1.82, 2.24) is 14.4 Å². The van der Waals surface area contributed by atoms with Crippen LogP contribution in [0.3, 0.4) is 0 Å². The maximum atomic E-state index is 9.43. The number of aromatic hydroxyl groups is 1. The van der Waals surface area contributed by atoms with Crippen LogP contribution in [0.1, 0.15) is 0 Å². The van der Waals surface area contributed by atoms with Gasteiger partial charge < -0.3 is 10.4 Å². The van der Waals surface area contributed by atoms with E-state index in [0.717, 1.165) is 22.6 Å². The van der Waals surface area contributed by atoms with Crippen LogP contribution in [0.2, 0.25) is 0 Å². The fourth-order valence-corrected chi connectivity index (χ4v) is 2.51. The summed E-state index contributed by atoms with van der Waals surface area (Å²) in [7, 11) is 0. The molecule has 4 aromatic rings. The van der Waals surface area contributed by atoms with Crippen LogP contribution in [0.25, 0.3) is 16.9 Å². The van der Waals surface area contributed by atoms with E-state index in [1.165, 1.54) is 0 Å². The minimum Gasteiger partial charge on any atom is -0.508 e. The van der Waals surface area contributed by atoms with E-state index in [2.05, 4.69) is 15.3 Å². The molecule has 0 unspecified atom stereocenters. The van der Waals surface area contributed by atoms with Crippen molar-refractivity contribution in [2.24, 2.45) is 0 Å². The average Bonchev–Trinajstić information content (AvgIpc) is 3.02. The zero-order valence-corrected chi connectivity index (χ0v) is 12.2. The second-order valence-corrected chi connectivity index (χ2v) is 5.15. The maximum Gasteiger partial charge on any atom is 0.180 e. The Morgan fingerprint density at radius 2 is 1.70 bits per heavy atom. The molecule has 0 aliphatic rings. The van der Waals surface area contributed by atoms with Gasteiger partial charge in [0.25, 0.3) is 0 Å². The molecule has 0 saturated heterocycles. The highest BCUT2D eigenvalue weighted by Gasteiger charge is 2.10. The Kier molecular flexibility index (Phi) is 3.16. The fraction of sp³-hybridized carbons (Fsp3) is 0. The molecule has 0 aliphatic carbocycles. The van der Waals surface area contributed by atoms with Crippen molar-refractivity contribution in [1.29, 1.82) is 0 Å². The largest absolute Gasteiger partial charge is 0.508 e. The van der Waals surface area contributed by atoms with E-state index in [1.54, 1.807) is 24.5 Å². The minimum atomic E-state index is 0.246. The SMILES string of the molecule is Oc1ccc(-c2cnc3c(Nc4ccccc4)nccn23)cc1. The number of fused-ring (bicyclic) bond motifs is 1. The summed E-state index contributed by atoms with van der Waals surface area (Å²) in [4.78, 5) is 8.88. The first-order valence-electron chi connectivity index (χ1n) is 7.25. The molecule has 112 valence electrons. The quantitative estimate of drug-likeness (QED) is 0.603. The van der Waals surface area contributed by atoms with Crippen LogP contribution in [0.15, 0.2) is 73.2 Å². The number of hydrogen-bond acceptors (Lipinski definition) is 4. The van der Waals surface area contributed by atoms with E-state index in [-0.39, 0.29) is 5.75 Å². The summed E-state index contributed by atoms with van der Waals surface area (Å²) in [6.45, 7) is 0. The summed E-state index contributed by atoms with van der Waals surface area (Å²) in [5, 5.41) is 12.7. The highest BCUT2D eigenvalue weighted by molar-refractivity contribution is 5.74. The first kappa shape index (κ1) is 13.3. The minimum absolute atomic E-state index is 0.246. The van der Waals surface area contributed by atoms with Crippen molar-refractivity contribution in [3.63, 3.8) is 0 Å². The number of nitrogens with one attached hydrogen (secondary N) is 1. The van der Waals surface area contributed by atoms with E-state index < -0.39 is 0 Å². The molecule has 5 nitrogen and oxygen atoms in total. The van der Waals surface area contributed by atoms with E-state index in [9.17, 15) is 5.11 Å². The molecule has 5 heteroatoms.